The van der Waals surface area contributed by atoms with Gasteiger partial charge in [-0.15, -0.1) is 0 Å². The molecule has 0 aromatic rings. The molecule has 4 atom stereocenters. The molecular formula is C20H38N8O7. The SMILES string of the molecule is CC(C)CC(NC(=O)C(CCC(N)=O)NC(=O)C(N)CCCN=C(N)N)C(=O)NC(CO)C(=O)O. The molecule has 0 aliphatic carbocycles. The number of aliphatic hydroxyl groups is 1. The summed E-state index contributed by atoms with van der Waals surface area (Å²) in [5.74, 6) is -4.62. The highest BCUT2D eigenvalue weighted by Crippen LogP contribution is 2.08. The lowest BCUT2D eigenvalue weighted by molar-refractivity contribution is -0.143. The molecular weight excluding hydrogens is 464 g/mol. The number of carboxylic acid groups (broad SMARTS) is 1. The fraction of sp³-hybridized carbons (Fsp3) is 0.700. The standard InChI is InChI=1S/C20H38N8O7/c1-10(2)8-13(18(33)28-14(9-29)19(34)35)27-17(32)12(5-6-15(22)30)26-16(31)11(21)4-3-7-25-20(23)24/h10-14,29H,3-9,21H2,1-2H3,(H2,22,30)(H,26,31)(H,27,32)(H,28,33)(H,34,35)(H4,23,24,25). The van der Waals surface area contributed by atoms with E-state index in [0.717, 1.165) is 0 Å². The number of aliphatic carboxylic acids is 1. The van der Waals surface area contributed by atoms with E-state index in [9.17, 15) is 24.0 Å². The summed E-state index contributed by atoms with van der Waals surface area (Å²) in [6, 6.07) is -4.97. The van der Waals surface area contributed by atoms with Gasteiger partial charge in [-0.05, 0) is 31.6 Å². The molecule has 0 aliphatic rings. The summed E-state index contributed by atoms with van der Waals surface area (Å²) in [7, 11) is 0. The normalized spacial score (nSPS) is 14.2. The molecule has 0 radical (unpaired) electrons. The minimum atomic E-state index is -1.56. The highest BCUT2D eigenvalue weighted by molar-refractivity contribution is 5.94. The fourth-order valence-electron chi connectivity index (χ4n) is 2.92. The predicted molar refractivity (Wildman–Crippen MR) is 126 cm³/mol. The van der Waals surface area contributed by atoms with Crippen molar-refractivity contribution in [2.45, 2.75) is 70.1 Å². The van der Waals surface area contributed by atoms with Gasteiger partial charge in [-0.2, -0.15) is 0 Å². The highest BCUT2D eigenvalue weighted by Gasteiger charge is 2.30. The summed E-state index contributed by atoms with van der Waals surface area (Å²) < 4.78 is 0. The Labute approximate surface area is 203 Å². The van der Waals surface area contributed by atoms with Crippen LogP contribution >= 0.6 is 0 Å². The number of carbonyl (C=O) groups excluding carboxylic acids is 4. The van der Waals surface area contributed by atoms with Gasteiger partial charge in [0.25, 0.3) is 0 Å². The molecule has 15 heteroatoms. The summed E-state index contributed by atoms with van der Waals surface area (Å²) in [5.41, 5.74) is 21.5. The van der Waals surface area contributed by atoms with E-state index in [1.807, 2.05) is 0 Å². The zero-order valence-corrected chi connectivity index (χ0v) is 20.0. The number of rotatable bonds is 17. The molecule has 0 spiro atoms. The number of amides is 4. The van der Waals surface area contributed by atoms with Gasteiger partial charge in [-0.3, -0.25) is 24.2 Å². The molecule has 4 amide bonds. The van der Waals surface area contributed by atoms with Crippen LogP contribution in [0, 0.1) is 5.92 Å². The maximum atomic E-state index is 12.9. The number of hydrogen-bond donors (Lipinski definition) is 9. The lowest BCUT2D eigenvalue weighted by atomic mass is 10.0. The number of primary amides is 1. The van der Waals surface area contributed by atoms with Crippen LogP contribution in [-0.4, -0.2) is 83.1 Å². The van der Waals surface area contributed by atoms with Crippen molar-refractivity contribution in [1.29, 1.82) is 0 Å². The molecule has 200 valence electrons. The molecule has 0 saturated heterocycles. The lowest BCUT2D eigenvalue weighted by Gasteiger charge is -2.25. The van der Waals surface area contributed by atoms with Crippen molar-refractivity contribution < 1.29 is 34.2 Å². The van der Waals surface area contributed by atoms with Crippen LogP contribution in [0.3, 0.4) is 0 Å². The zero-order chi connectivity index (χ0) is 27.1. The number of aliphatic imine (C=N–C) groups is 1. The van der Waals surface area contributed by atoms with Crippen LogP contribution < -0.4 is 38.9 Å². The van der Waals surface area contributed by atoms with Gasteiger partial charge in [0.05, 0.1) is 12.6 Å². The second kappa shape index (κ2) is 16.2. The maximum absolute atomic E-state index is 12.9. The van der Waals surface area contributed by atoms with Crippen molar-refractivity contribution in [3.63, 3.8) is 0 Å². The topological polar surface area (TPSA) is 278 Å². The Bertz CT molecular complexity index is 771. The summed E-state index contributed by atoms with van der Waals surface area (Å²) in [6.07, 6.45) is 0.360. The minimum Gasteiger partial charge on any atom is -0.480 e. The molecule has 0 saturated carbocycles. The Morgan fingerprint density at radius 1 is 0.857 bits per heavy atom. The first-order valence-corrected chi connectivity index (χ1v) is 11.1. The van der Waals surface area contributed by atoms with Crippen molar-refractivity contribution in [1.82, 2.24) is 16.0 Å². The van der Waals surface area contributed by atoms with E-state index >= 15 is 0 Å². The van der Waals surface area contributed by atoms with Crippen LogP contribution in [-0.2, 0) is 24.0 Å². The van der Waals surface area contributed by atoms with E-state index in [1.165, 1.54) is 0 Å². The number of nitrogens with one attached hydrogen (secondary N) is 3. The monoisotopic (exact) mass is 502 g/mol. The average Bonchev–Trinajstić information content (AvgIpc) is 2.75. The van der Waals surface area contributed by atoms with E-state index in [0.29, 0.717) is 6.42 Å². The summed E-state index contributed by atoms with van der Waals surface area (Å²) >= 11 is 0. The maximum Gasteiger partial charge on any atom is 0.328 e. The molecule has 0 rings (SSSR count). The number of hydrogen-bond acceptors (Lipinski definition) is 8. The third-order valence-electron chi connectivity index (χ3n) is 4.75. The van der Waals surface area contributed by atoms with Gasteiger partial charge in [-0.25, -0.2) is 4.79 Å². The van der Waals surface area contributed by atoms with Gasteiger partial charge in [0.2, 0.25) is 23.6 Å². The van der Waals surface area contributed by atoms with Gasteiger partial charge in [0.15, 0.2) is 5.96 Å². The number of carbonyl (C=O) groups is 5. The van der Waals surface area contributed by atoms with Crippen LogP contribution in [0.15, 0.2) is 4.99 Å². The molecule has 13 N–H and O–H groups in total. The molecule has 35 heavy (non-hydrogen) atoms. The fourth-order valence-corrected chi connectivity index (χ4v) is 2.92. The van der Waals surface area contributed by atoms with Crippen LogP contribution in [0.1, 0.15) is 46.0 Å². The molecule has 0 aromatic carbocycles. The lowest BCUT2D eigenvalue weighted by Crippen LogP contribution is -2.57. The predicted octanol–water partition coefficient (Wildman–Crippen LogP) is -3.79. The Hall–Kier alpha value is -3.46. The smallest absolute Gasteiger partial charge is 0.328 e. The van der Waals surface area contributed by atoms with E-state index < -0.39 is 60.4 Å². The van der Waals surface area contributed by atoms with Gasteiger partial charge < -0.3 is 49.1 Å². The summed E-state index contributed by atoms with van der Waals surface area (Å²) in [6.45, 7) is 2.97. The van der Waals surface area contributed by atoms with Gasteiger partial charge in [0.1, 0.15) is 18.1 Å². The third-order valence-corrected chi connectivity index (χ3v) is 4.75. The first-order chi connectivity index (χ1) is 16.3. The number of carboxylic acids is 1. The van der Waals surface area contributed by atoms with Gasteiger partial charge in [-0.1, -0.05) is 13.8 Å². The van der Waals surface area contributed by atoms with E-state index in [1.54, 1.807) is 13.8 Å². The van der Waals surface area contributed by atoms with Crippen molar-refractivity contribution in [2.75, 3.05) is 13.2 Å². The third kappa shape index (κ3) is 13.7. The molecule has 0 aromatic heterocycles. The second-order valence-corrected chi connectivity index (χ2v) is 8.39. The van der Waals surface area contributed by atoms with Crippen LogP contribution in [0.4, 0.5) is 0 Å². The molecule has 15 nitrogen and oxygen atoms in total. The first kappa shape index (κ1) is 31.5. The number of aliphatic hydroxyl groups excluding tert-OH is 1. The Morgan fingerprint density at radius 3 is 1.89 bits per heavy atom. The van der Waals surface area contributed by atoms with Crippen molar-refractivity contribution in [3.8, 4) is 0 Å². The first-order valence-electron chi connectivity index (χ1n) is 11.1. The molecule has 0 heterocycles. The number of nitrogens with two attached hydrogens (primary N) is 4. The minimum absolute atomic E-state index is 0.0826. The molecule has 0 bridgehead atoms. The van der Waals surface area contributed by atoms with Crippen LogP contribution in [0.25, 0.3) is 0 Å². The zero-order valence-electron chi connectivity index (χ0n) is 20.0. The van der Waals surface area contributed by atoms with Gasteiger partial charge >= 0.3 is 5.97 Å². The highest BCUT2D eigenvalue weighted by atomic mass is 16.4. The average molecular weight is 503 g/mol. The van der Waals surface area contributed by atoms with E-state index in [2.05, 4.69) is 20.9 Å². The Morgan fingerprint density at radius 2 is 1.40 bits per heavy atom. The van der Waals surface area contributed by atoms with E-state index in [4.69, 9.17) is 33.1 Å². The van der Waals surface area contributed by atoms with Crippen molar-refractivity contribution >= 4 is 35.6 Å². The summed E-state index contributed by atoms with van der Waals surface area (Å²) in [5, 5.41) is 25.3. The molecule has 0 fully saturated rings. The van der Waals surface area contributed by atoms with E-state index in [-0.39, 0.29) is 44.1 Å². The van der Waals surface area contributed by atoms with Crippen molar-refractivity contribution in [2.24, 2.45) is 33.8 Å². The van der Waals surface area contributed by atoms with Gasteiger partial charge in [0, 0.05) is 13.0 Å². The van der Waals surface area contributed by atoms with Crippen molar-refractivity contribution in [3.05, 3.63) is 0 Å². The van der Waals surface area contributed by atoms with Crippen LogP contribution in [0.2, 0.25) is 0 Å². The Kier molecular flexibility index (Phi) is 14.6. The van der Waals surface area contributed by atoms with Crippen LogP contribution in [0.5, 0.6) is 0 Å². The number of nitrogens with zero attached hydrogens (tertiary/aromatic N) is 1. The second-order valence-electron chi connectivity index (χ2n) is 8.39. The summed E-state index contributed by atoms with van der Waals surface area (Å²) in [4.78, 5) is 64.2. The number of guanidine groups is 1. The molecule has 4 unspecified atom stereocenters. The Balaban J connectivity index is 5.39. The largest absolute Gasteiger partial charge is 0.480 e. The molecule has 0 aliphatic heterocycles. The quantitative estimate of drug-likeness (QED) is 0.0531.